The highest BCUT2D eigenvalue weighted by Crippen LogP contribution is 2.53. The van der Waals surface area contributed by atoms with Crippen LogP contribution in [0.3, 0.4) is 0 Å². The molecule has 366 valence electrons. The number of nitrogens with zero attached hydrogens (tertiary/aromatic N) is 4. The van der Waals surface area contributed by atoms with Gasteiger partial charge in [-0.25, -0.2) is 0 Å². The van der Waals surface area contributed by atoms with Gasteiger partial charge in [0.25, 0.3) is 0 Å². The first-order valence-corrected chi connectivity index (χ1v) is 25.8. The van der Waals surface area contributed by atoms with Gasteiger partial charge in [-0.1, -0.05) is 192 Å². The van der Waals surface area contributed by atoms with Crippen molar-refractivity contribution in [3.8, 4) is 0 Å². The Hall–Kier alpha value is -7.82. The second-order valence-electron chi connectivity index (χ2n) is 24.4. The van der Waals surface area contributed by atoms with Crippen LogP contribution in [0.15, 0.2) is 182 Å². The Bertz CT molecular complexity index is 4600. The summed E-state index contributed by atoms with van der Waals surface area (Å²) in [4.78, 5) is 3.76. The molecule has 0 fully saturated rings. The smallest absolute Gasteiger partial charge is 0.0645 e. The Morgan fingerprint density at radius 3 is 1.08 bits per heavy atom. The number of hydrogen-bond acceptors (Lipinski definition) is 2. The average Bonchev–Trinajstić information content (AvgIpc) is 1.55. The van der Waals surface area contributed by atoms with Crippen LogP contribution in [-0.4, -0.2) is 8.80 Å². The van der Waals surface area contributed by atoms with Crippen molar-refractivity contribution in [1.29, 1.82) is 0 Å². The van der Waals surface area contributed by atoms with Crippen LogP contribution in [0.25, 0.3) is 76.2 Å². The van der Waals surface area contributed by atoms with Gasteiger partial charge in [0.1, 0.15) is 0 Å². The van der Waals surface area contributed by atoms with Gasteiger partial charge in [0.15, 0.2) is 0 Å². The summed E-state index contributed by atoms with van der Waals surface area (Å²) in [6.07, 6.45) is 0. The van der Waals surface area contributed by atoms with Gasteiger partial charge in [0.2, 0.25) is 0 Å². The normalized spacial score (nSPS) is 15.0. The Morgan fingerprint density at radius 1 is 0.338 bits per heavy atom. The monoisotopic (exact) mass is 973 g/mol. The van der Waals surface area contributed by atoms with E-state index in [1.807, 2.05) is 34.1 Å². The minimum atomic E-state index is -0.456. The van der Waals surface area contributed by atoms with E-state index >= 15 is 0 Å². The van der Waals surface area contributed by atoms with E-state index in [1.165, 1.54) is 0 Å². The molecule has 4 heterocycles. The molecule has 4 aromatic heterocycles. The molecule has 0 saturated heterocycles. The molecule has 0 bridgehead atoms. The van der Waals surface area contributed by atoms with Crippen molar-refractivity contribution >= 4 is 110 Å². The van der Waals surface area contributed by atoms with Crippen LogP contribution in [0.4, 0.5) is 34.1 Å². The zero-order chi connectivity index (χ0) is 60.1. The van der Waals surface area contributed by atoms with E-state index in [1.54, 1.807) is 0 Å². The molecule has 13 aromatic rings. The van der Waals surface area contributed by atoms with Crippen LogP contribution in [0.1, 0.15) is 119 Å². The minimum Gasteiger partial charge on any atom is -0.310 e. The van der Waals surface area contributed by atoms with Crippen molar-refractivity contribution in [2.24, 2.45) is 0 Å². The summed E-state index contributed by atoms with van der Waals surface area (Å²) >= 11 is 0. The van der Waals surface area contributed by atoms with E-state index < -0.39 is 36.3 Å². The van der Waals surface area contributed by atoms with Gasteiger partial charge >= 0.3 is 0 Å². The summed E-state index contributed by atoms with van der Waals surface area (Å²) < 4.78 is 96.0. The van der Waals surface area contributed by atoms with Crippen LogP contribution in [-0.2, 0) is 21.7 Å². The van der Waals surface area contributed by atoms with Crippen molar-refractivity contribution in [2.45, 2.75) is 105 Å². The number of para-hydroxylation sites is 4. The van der Waals surface area contributed by atoms with Crippen LogP contribution >= 0.6 is 0 Å². The van der Waals surface area contributed by atoms with Crippen LogP contribution < -0.4 is 9.80 Å². The van der Waals surface area contributed by atoms with Crippen molar-refractivity contribution in [3.05, 3.63) is 204 Å². The van der Waals surface area contributed by atoms with Crippen molar-refractivity contribution in [3.63, 3.8) is 0 Å². The number of aromatic nitrogens is 2. The fourth-order valence-electron chi connectivity index (χ4n) is 11.9. The maximum absolute atomic E-state index is 9.51. The topological polar surface area (TPSA) is 15.3 Å². The molecule has 0 spiro atoms. The summed E-state index contributed by atoms with van der Waals surface area (Å²) in [6.45, 7) is 26.2. The lowest BCUT2D eigenvalue weighted by molar-refractivity contribution is 0.590. The summed E-state index contributed by atoms with van der Waals surface area (Å²) in [5.41, 5.74) is 11.8. The second-order valence-corrected chi connectivity index (χ2v) is 24.4. The quantitative estimate of drug-likeness (QED) is 0.165. The summed E-state index contributed by atoms with van der Waals surface area (Å²) in [6, 6.07) is 38.3. The van der Waals surface area contributed by atoms with Crippen LogP contribution in [0.2, 0.25) is 0 Å². The molecule has 0 unspecified atom stereocenters. The molecular formula is C70H66N4. The third-order valence-corrected chi connectivity index (χ3v) is 15.5. The van der Waals surface area contributed by atoms with E-state index in [0.29, 0.717) is 22.7 Å². The van der Waals surface area contributed by atoms with Gasteiger partial charge in [-0.15, -0.1) is 0 Å². The van der Waals surface area contributed by atoms with E-state index in [9.17, 15) is 5.48 Å². The molecule has 4 nitrogen and oxygen atoms in total. The zero-order valence-electron chi connectivity index (χ0n) is 54.3. The third kappa shape index (κ3) is 6.79. The highest BCUT2D eigenvalue weighted by atomic mass is 15.2. The highest BCUT2D eigenvalue weighted by Gasteiger charge is 2.32. The van der Waals surface area contributed by atoms with E-state index in [-0.39, 0.29) is 57.2 Å². The number of benzene rings is 9. The molecule has 13 rings (SSSR count). The highest BCUT2D eigenvalue weighted by molar-refractivity contribution is 6.32. The number of fused-ring (bicyclic) bond motifs is 12. The van der Waals surface area contributed by atoms with Gasteiger partial charge in [0, 0.05) is 65.8 Å². The largest absolute Gasteiger partial charge is 0.310 e. The molecule has 74 heavy (non-hydrogen) atoms. The first kappa shape index (κ1) is 36.2. The Labute approximate surface area is 449 Å². The van der Waals surface area contributed by atoms with Crippen molar-refractivity contribution in [1.82, 2.24) is 8.80 Å². The SMILES string of the molecule is [2H]c1c([2H])c([2H])c(N(c2cccc(C(C)(C)C)c2)c2ccc3c4cc5c(cc4n4c6c(C(C)(C)C)cccc6c2c34)c2ccc(N(c3cccc(C(C)(C)C)c3)c3c([2H])c([2H])c([2H])c([2H])c3[2H])c3c4cccc(C(C)(C)C)c4n5c23)c([2H])c1[2H]. The van der Waals surface area contributed by atoms with Gasteiger partial charge < -0.3 is 18.6 Å². The van der Waals surface area contributed by atoms with Crippen molar-refractivity contribution in [2.75, 3.05) is 9.80 Å². The number of anilines is 6. The number of rotatable bonds is 6. The maximum Gasteiger partial charge on any atom is 0.0645 e. The van der Waals surface area contributed by atoms with E-state index in [0.717, 1.165) is 98.4 Å². The Kier molecular flexibility index (Phi) is 7.74. The second kappa shape index (κ2) is 15.8. The van der Waals surface area contributed by atoms with Crippen LogP contribution in [0.5, 0.6) is 0 Å². The number of hydrogen-bond donors (Lipinski definition) is 0. The fraction of sp³-hybridized carbons (Fsp3) is 0.229. The molecule has 0 amide bonds. The van der Waals surface area contributed by atoms with Gasteiger partial charge in [-0.3, -0.25) is 0 Å². The van der Waals surface area contributed by atoms with E-state index in [2.05, 4.69) is 189 Å². The lowest BCUT2D eigenvalue weighted by Gasteiger charge is -2.28. The molecule has 9 aromatic carbocycles. The van der Waals surface area contributed by atoms with Crippen LogP contribution in [0, 0.1) is 0 Å². The Morgan fingerprint density at radius 2 is 0.716 bits per heavy atom. The minimum absolute atomic E-state index is 0.0610. The summed E-state index contributed by atoms with van der Waals surface area (Å²) in [7, 11) is 0. The van der Waals surface area contributed by atoms with Gasteiger partial charge in [-0.2, -0.15) is 0 Å². The Balaban J connectivity index is 1.20. The molecule has 0 atom stereocenters. The zero-order valence-corrected chi connectivity index (χ0v) is 44.3. The molecule has 0 radical (unpaired) electrons. The predicted molar refractivity (Wildman–Crippen MR) is 320 cm³/mol. The van der Waals surface area contributed by atoms with Gasteiger partial charge in [0.05, 0.1) is 58.2 Å². The lowest BCUT2D eigenvalue weighted by Crippen LogP contribution is -2.14. The van der Waals surface area contributed by atoms with Gasteiger partial charge in [-0.05, 0) is 117 Å². The molecular weight excluding hydrogens is 897 g/mol. The maximum atomic E-state index is 9.51. The fourth-order valence-corrected chi connectivity index (χ4v) is 11.9. The first-order valence-electron chi connectivity index (χ1n) is 30.8. The summed E-state index contributed by atoms with van der Waals surface area (Å²) in [5.74, 6) is 0. The molecule has 0 saturated carbocycles. The lowest BCUT2D eigenvalue weighted by atomic mass is 9.85. The third-order valence-electron chi connectivity index (χ3n) is 15.5. The standard InChI is InChI=1S/C70H66N4/c1-67(2,3)43-23-19-29-47(39-43)71(45-25-15-13-16-26-45)57-37-35-49-53-41-60-54(42-59(53)73-63-51(61(57)65(49)73)31-21-33-55(63)69(7,8)9)50-36-38-58(62-52-32-22-34-56(70(10,11)12)64(52)74(60)66(50)62)72(46-27-17-14-18-28-46)48-30-20-24-44(40-48)68(4,5)6/h13-42H,1-12H3/i13D,14D,15D,16D,17D,18D,25D,26D,27D,28D. The average molecular weight is 973 g/mol. The molecule has 0 N–H and O–H groups in total. The molecule has 0 aliphatic heterocycles. The molecule has 0 aliphatic rings. The first-order chi connectivity index (χ1) is 39.4. The molecule has 0 aliphatic carbocycles. The molecule has 4 heteroatoms. The predicted octanol–water partition coefficient (Wildman–Crippen LogP) is 20.1. The summed E-state index contributed by atoms with van der Waals surface area (Å²) in [5, 5.41) is 7.68. The van der Waals surface area contributed by atoms with Crippen molar-refractivity contribution < 1.29 is 13.7 Å². The van der Waals surface area contributed by atoms with E-state index in [4.69, 9.17) is 8.22 Å².